The lowest BCUT2D eigenvalue weighted by Crippen LogP contribution is -2.42. The maximum atomic E-state index is 13.7. The summed E-state index contributed by atoms with van der Waals surface area (Å²) < 4.78 is 56.4. The molecule has 0 aromatic heterocycles. The van der Waals surface area contributed by atoms with Crippen LogP contribution in [-0.2, 0) is 30.3 Å². The average molecular weight is 528 g/mol. The summed E-state index contributed by atoms with van der Waals surface area (Å²) in [7, 11) is 0. The SMILES string of the molecule is CCc1cc(C)cc2c1O[C@H](C(F)(F)F)C(C(=O)OCCOC(=O)[C@H](CCCCC(=N)N)NC(C)=O)=C2. The number of carbonyl (C=O) groups is 3. The van der Waals surface area contributed by atoms with Crippen LogP contribution >= 0.6 is 0 Å². The first-order valence-corrected chi connectivity index (χ1v) is 11.9. The number of hydrogen-bond donors (Lipinski definition) is 3. The Labute approximate surface area is 213 Å². The van der Waals surface area contributed by atoms with Gasteiger partial charge in [0.2, 0.25) is 12.0 Å². The fraction of sp³-hybridized carbons (Fsp3) is 0.520. The van der Waals surface area contributed by atoms with Crippen LogP contribution in [0.3, 0.4) is 0 Å². The first-order valence-electron chi connectivity index (χ1n) is 11.9. The number of nitrogens with one attached hydrogen (secondary N) is 2. The van der Waals surface area contributed by atoms with Gasteiger partial charge in [0.1, 0.15) is 25.0 Å². The molecule has 2 rings (SSSR count). The zero-order chi connectivity index (χ0) is 27.8. The molecular weight excluding hydrogens is 495 g/mol. The van der Waals surface area contributed by atoms with Gasteiger partial charge in [0.25, 0.3) is 0 Å². The third-order valence-electron chi connectivity index (χ3n) is 5.49. The van der Waals surface area contributed by atoms with Gasteiger partial charge in [0.05, 0.1) is 11.4 Å². The molecule has 1 heterocycles. The minimum atomic E-state index is -4.86. The number of carbonyl (C=O) groups excluding carboxylic acids is 3. The predicted molar refractivity (Wildman–Crippen MR) is 129 cm³/mol. The quantitative estimate of drug-likeness (QED) is 0.164. The van der Waals surface area contributed by atoms with Crippen LogP contribution < -0.4 is 15.8 Å². The van der Waals surface area contributed by atoms with E-state index in [2.05, 4.69) is 5.32 Å². The fourth-order valence-corrected chi connectivity index (χ4v) is 3.84. The normalized spacial score (nSPS) is 15.5. The Kier molecular flexibility index (Phi) is 10.5. The minimum absolute atomic E-state index is 0.0103. The number of alkyl halides is 3. The van der Waals surface area contributed by atoms with E-state index in [1.807, 2.05) is 0 Å². The van der Waals surface area contributed by atoms with Crippen LogP contribution in [0.5, 0.6) is 5.75 Å². The van der Waals surface area contributed by atoms with Crippen LogP contribution in [0.4, 0.5) is 13.2 Å². The minimum Gasteiger partial charge on any atom is -0.475 e. The number of hydrogen-bond acceptors (Lipinski definition) is 7. The van der Waals surface area contributed by atoms with Crippen molar-refractivity contribution in [2.24, 2.45) is 5.73 Å². The highest BCUT2D eigenvalue weighted by Crippen LogP contribution is 2.40. The third-order valence-corrected chi connectivity index (χ3v) is 5.49. The van der Waals surface area contributed by atoms with Gasteiger partial charge >= 0.3 is 18.1 Å². The molecule has 0 radical (unpaired) electrons. The summed E-state index contributed by atoms with van der Waals surface area (Å²) in [6.45, 7) is 3.89. The Balaban J connectivity index is 2.02. The molecule has 9 nitrogen and oxygen atoms in total. The zero-order valence-electron chi connectivity index (χ0n) is 21.0. The maximum absolute atomic E-state index is 13.7. The van der Waals surface area contributed by atoms with E-state index < -0.39 is 55.0 Å². The maximum Gasteiger partial charge on any atom is 0.430 e. The topological polar surface area (TPSA) is 141 Å². The van der Waals surface area contributed by atoms with E-state index in [1.54, 1.807) is 26.0 Å². The Hall–Kier alpha value is -3.57. The second kappa shape index (κ2) is 13.1. The second-order valence-electron chi connectivity index (χ2n) is 8.66. The number of amidine groups is 1. The van der Waals surface area contributed by atoms with Crippen molar-refractivity contribution in [3.63, 3.8) is 0 Å². The predicted octanol–water partition coefficient (Wildman–Crippen LogP) is 3.35. The summed E-state index contributed by atoms with van der Waals surface area (Å²) in [6.07, 6.45) is -4.18. The van der Waals surface area contributed by atoms with Gasteiger partial charge in [0, 0.05) is 18.9 Å². The summed E-state index contributed by atoms with van der Waals surface area (Å²) in [4.78, 5) is 36.3. The van der Waals surface area contributed by atoms with Crippen molar-refractivity contribution >= 4 is 29.8 Å². The molecule has 4 N–H and O–H groups in total. The number of esters is 2. The molecule has 0 fully saturated rings. The lowest BCUT2D eigenvalue weighted by Gasteiger charge is -2.29. The largest absolute Gasteiger partial charge is 0.475 e. The first kappa shape index (κ1) is 29.7. The van der Waals surface area contributed by atoms with Crippen molar-refractivity contribution in [1.82, 2.24) is 5.32 Å². The van der Waals surface area contributed by atoms with Crippen molar-refractivity contribution < 1.29 is 41.8 Å². The van der Waals surface area contributed by atoms with Gasteiger partial charge in [-0.25, -0.2) is 9.59 Å². The van der Waals surface area contributed by atoms with E-state index in [-0.39, 0.29) is 18.0 Å². The summed E-state index contributed by atoms with van der Waals surface area (Å²) in [5.41, 5.74) is 6.32. The van der Waals surface area contributed by atoms with E-state index in [4.69, 9.17) is 25.4 Å². The van der Waals surface area contributed by atoms with Crippen LogP contribution in [-0.4, -0.2) is 55.2 Å². The standard InChI is InChI=1S/C25H32F3N3O6/c1-4-16-11-14(2)12-17-13-18(22(25(26,27)28)37-21(16)17)23(33)35-9-10-36-24(34)19(31-15(3)32)7-5-6-8-20(29)30/h11-13,19,22H,4-10H2,1-3H3,(H3,29,30)(H,31,32)/t19-,22-/m0/s1. The van der Waals surface area contributed by atoms with Crippen LogP contribution in [0, 0.1) is 12.3 Å². The number of aryl methyl sites for hydroxylation is 2. The molecule has 1 aliphatic heterocycles. The lowest BCUT2D eigenvalue weighted by molar-refractivity contribution is -0.188. The molecule has 1 aliphatic rings. The van der Waals surface area contributed by atoms with E-state index in [0.29, 0.717) is 36.8 Å². The third kappa shape index (κ3) is 8.80. The molecule has 0 saturated carbocycles. The highest BCUT2D eigenvalue weighted by Gasteiger charge is 2.49. The number of ether oxygens (including phenoxy) is 3. The highest BCUT2D eigenvalue weighted by molar-refractivity contribution is 5.96. The Morgan fingerprint density at radius 2 is 1.86 bits per heavy atom. The van der Waals surface area contributed by atoms with E-state index in [9.17, 15) is 27.6 Å². The van der Waals surface area contributed by atoms with E-state index in [0.717, 1.165) is 11.6 Å². The number of halogens is 3. The molecule has 12 heteroatoms. The van der Waals surface area contributed by atoms with Crippen LogP contribution in [0.2, 0.25) is 0 Å². The van der Waals surface area contributed by atoms with Gasteiger partial charge in [-0.2, -0.15) is 13.2 Å². The van der Waals surface area contributed by atoms with Crippen molar-refractivity contribution in [2.75, 3.05) is 13.2 Å². The molecule has 2 atom stereocenters. The monoisotopic (exact) mass is 527 g/mol. The Morgan fingerprint density at radius 1 is 1.19 bits per heavy atom. The number of fused-ring (bicyclic) bond motifs is 1. The number of benzene rings is 1. The molecule has 1 aromatic rings. The van der Waals surface area contributed by atoms with E-state index in [1.165, 1.54) is 6.92 Å². The molecule has 0 spiro atoms. The molecule has 0 saturated heterocycles. The highest BCUT2D eigenvalue weighted by atomic mass is 19.4. The lowest BCUT2D eigenvalue weighted by atomic mass is 9.96. The second-order valence-corrected chi connectivity index (χ2v) is 8.66. The smallest absolute Gasteiger partial charge is 0.430 e. The summed E-state index contributed by atoms with van der Waals surface area (Å²) in [5.74, 6) is -2.39. The van der Waals surface area contributed by atoms with Crippen molar-refractivity contribution in [1.29, 1.82) is 5.41 Å². The number of rotatable bonds is 12. The summed E-state index contributed by atoms with van der Waals surface area (Å²) in [6, 6.07) is 2.39. The van der Waals surface area contributed by atoms with Gasteiger partial charge in [0.15, 0.2) is 0 Å². The van der Waals surface area contributed by atoms with Gasteiger partial charge < -0.3 is 25.3 Å². The first-order chi connectivity index (χ1) is 17.3. The van der Waals surface area contributed by atoms with Crippen molar-refractivity contribution in [3.05, 3.63) is 34.4 Å². The van der Waals surface area contributed by atoms with Gasteiger partial charge in [-0.15, -0.1) is 0 Å². The van der Waals surface area contributed by atoms with Crippen LogP contribution in [0.25, 0.3) is 6.08 Å². The molecule has 0 aliphatic carbocycles. The number of nitrogens with two attached hydrogens (primary N) is 1. The Morgan fingerprint density at radius 3 is 2.46 bits per heavy atom. The van der Waals surface area contributed by atoms with E-state index >= 15 is 0 Å². The van der Waals surface area contributed by atoms with Gasteiger partial charge in [-0.1, -0.05) is 19.4 Å². The molecule has 1 aromatic carbocycles. The molecule has 1 amide bonds. The fourth-order valence-electron chi connectivity index (χ4n) is 3.84. The zero-order valence-corrected chi connectivity index (χ0v) is 21.0. The average Bonchev–Trinajstić information content (AvgIpc) is 2.80. The van der Waals surface area contributed by atoms with Crippen molar-refractivity contribution in [2.45, 2.75) is 71.2 Å². The molecular formula is C25H32F3N3O6. The van der Waals surface area contributed by atoms with Crippen LogP contribution in [0.1, 0.15) is 56.2 Å². The van der Waals surface area contributed by atoms with Crippen LogP contribution in [0.15, 0.2) is 17.7 Å². The number of unbranched alkanes of at least 4 members (excludes halogenated alkanes) is 1. The number of amides is 1. The van der Waals surface area contributed by atoms with Crippen molar-refractivity contribution in [3.8, 4) is 5.75 Å². The molecule has 0 bridgehead atoms. The summed E-state index contributed by atoms with van der Waals surface area (Å²) in [5, 5.41) is 9.67. The van der Waals surface area contributed by atoms with Gasteiger partial charge in [-0.3, -0.25) is 10.2 Å². The Bertz CT molecular complexity index is 1050. The molecule has 37 heavy (non-hydrogen) atoms. The van der Waals surface area contributed by atoms with Gasteiger partial charge in [-0.05, 0) is 49.5 Å². The molecule has 0 unspecified atom stereocenters. The summed E-state index contributed by atoms with van der Waals surface area (Å²) >= 11 is 0. The molecule has 204 valence electrons.